The third-order valence-electron chi connectivity index (χ3n) is 6.66. The highest BCUT2D eigenvalue weighted by molar-refractivity contribution is 6.46. The second-order valence-electron chi connectivity index (χ2n) is 9.21. The van der Waals surface area contributed by atoms with Gasteiger partial charge in [-0.2, -0.15) is 0 Å². The van der Waals surface area contributed by atoms with Gasteiger partial charge in [-0.15, -0.1) is 0 Å². The van der Waals surface area contributed by atoms with Crippen LogP contribution >= 0.6 is 0 Å². The lowest BCUT2D eigenvalue weighted by molar-refractivity contribution is -0.140. The SMILES string of the molecule is Cc1ccc(/C(O)=C2/C(=O)C(=O)N(CC3CCCO3)C2c2ccc(C(C)C)cc2)cc1C. The van der Waals surface area contributed by atoms with Crippen LogP contribution in [-0.2, 0) is 14.3 Å². The number of ketones is 1. The van der Waals surface area contributed by atoms with E-state index in [9.17, 15) is 14.7 Å². The highest BCUT2D eigenvalue weighted by Crippen LogP contribution is 2.40. The number of hydrogen-bond acceptors (Lipinski definition) is 4. The average Bonchev–Trinajstić information content (AvgIpc) is 3.37. The quantitative estimate of drug-likeness (QED) is 0.408. The molecule has 2 heterocycles. The minimum atomic E-state index is -0.642. The third-order valence-corrected chi connectivity index (χ3v) is 6.66. The zero-order chi connectivity index (χ0) is 23.0. The predicted octanol–water partition coefficient (Wildman–Crippen LogP) is 5.03. The lowest BCUT2D eigenvalue weighted by Crippen LogP contribution is -2.36. The lowest BCUT2D eigenvalue weighted by Gasteiger charge is -2.27. The van der Waals surface area contributed by atoms with Crippen molar-refractivity contribution in [3.63, 3.8) is 0 Å². The molecular formula is C27H31NO4. The number of benzene rings is 2. The lowest BCUT2D eigenvalue weighted by atomic mass is 9.92. The van der Waals surface area contributed by atoms with E-state index >= 15 is 0 Å². The van der Waals surface area contributed by atoms with E-state index in [1.54, 1.807) is 11.0 Å². The number of aliphatic hydroxyl groups excluding tert-OH is 1. The summed E-state index contributed by atoms with van der Waals surface area (Å²) in [6.07, 6.45) is 1.72. The number of Topliss-reactive ketones (excluding diaryl/α,β-unsaturated/α-hetero) is 1. The van der Waals surface area contributed by atoms with Crippen LogP contribution in [0.25, 0.3) is 5.76 Å². The molecule has 2 aromatic carbocycles. The van der Waals surface area contributed by atoms with Gasteiger partial charge in [0.2, 0.25) is 0 Å². The standard InChI is InChI=1S/C27H31NO4/c1-16(2)19-9-11-20(12-10-19)24-23(25(29)21-8-7-17(3)18(4)14-21)26(30)27(31)28(24)15-22-6-5-13-32-22/h7-12,14,16,22,24,29H,5-6,13,15H2,1-4H3/b25-23-. The van der Waals surface area contributed by atoms with Crippen LogP contribution in [0.1, 0.15) is 66.5 Å². The molecule has 1 N–H and O–H groups in total. The molecule has 2 saturated heterocycles. The highest BCUT2D eigenvalue weighted by Gasteiger charge is 2.47. The van der Waals surface area contributed by atoms with Gasteiger partial charge in [0.25, 0.3) is 11.7 Å². The van der Waals surface area contributed by atoms with Gasteiger partial charge in [0, 0.05) is 18.7 Å². The van der Waals surface area contributed by atoms with E-state index in [4.69, 9.17) is 4.74 Å². The fourth-order valence-electron chi connectivity index (χ4n) is 4.53. The maximum absolute atomic E-state index is 13.2. The molecule has 0 aliphatic carbocycles. The van der Waals surface area contributed by atoms with E-state index in [-0.39, 0.29) is 17.4 Å². The van der Waals surface area contributed by atoms with Crippen LogP contribution in [0.3, 0.4) is 0 Å². The summed E-state index contributed by atoms with van der Waals surface area (Å²) in [6, 6.07) is 12.9. The number of aryl methyl sites for hydroxylation is 2. The summed E-state index contributed by atoms with van der Waals surface area (Å²) in [5.41, 5.74) is 4.80. The Kier molecular flexibility index (Phi) is 6.20. The van der Waals surface area contributed by atoms with Crippen molar-refractivity contribution < 1.29 is 19.4 Å². The van der Waals surface area contributed by atoms with Crippen molar-refractivity contribution >= 4 is 17.4 Å². The zero-order valence-electron chi connectivity index (χ0n) is 19.2. The molecular weight excluding hydrogens is 402 g/mol. The minimum Gasteiger partial charge on any atom is -0.507 e. The average molecular weight is 434 g/mol. The van der Waals surface area contributed by atoms with Crippen LogP contribution < -0.4 is 0 Å². The van der Waals surface area contributed by atoms with Gasteiger partial charge in [-0.1, -0.05) is 50.2 Å². The normalized spacial score (nSPS) is 22.8. The van der Waals surface area contributed by atoms with Gasteiger partial charge >= 0.3 is 0 Å². The largest absolute Gasteiger partial charge is 0.507 e. The molecule has 2 aliphatic rings. The third kappa shape index (κ3) is 4.09. The van der Waals surface area contributed by atoms with Crippen LogP contribution in [-0.4, -0.2) is 41.0 Å². The molecule has 0 saturated carbocycles. The number of ether oxygens (including phenoxy) is 1. The van der Waals surface area contributed by atoms with Crippen LogP contribution in [0.4, 0.5) is 0 Å². The van der Waals surface area contributed by atoms with Gasteiger partial charge < -0.3 is 14.7 Å². The van der Waals surface area contributed by atoms with Crippen LogP contribution in [0.5, 0.6) is 0 Å². The van der Waals surface area contributed by atoms with Gasteiger partial charge in [-0.25, -0.2) is 0 Å². The number of hydrogen-bond donors (Lipinski definition) is 1. The van der Waals surface area contributed by atoms with Gasteiger partial charge in [0.15, 0.2) is 0 Å². The van der Waals surface area contributed by atoms with Crippen molar-refractivity contribution in [1.29, 1.82) is 0 Å². The summed E-state index contributed by atoms with van der Waals surface area (Å²) in [7, 11) is 0. The Hall–Kier alpha value is -2.92. The maximum Gasteiger partial charge on any atom is 0.295 e. The number of nitrogens with zero attached hydrogens (tertiary/aromatic N) is 1. The molecule has 0 spiro atoms. The Morgan fingerprint density at radius 2 is 1.81 bits per heavy atom. The van der Waals surface area contributed by atoms with E-state index in [0.717, 1.165) is 29.5 Å². The minimum absolute atomic E-state index is 0.0905. The van der Waals surface area contributed by atoms with Crippen molar-refractivity contribution in [3.8, 4) is 0 Å². The van der Waals surface area contributed by atoms with Crippen LogP contribution in [0, 0.1) is 13.8 Å². The molecule has 32 heavy (non-hydrogen) atoms. The first-order valence-corrected chi connectivity index (χ1v) is 11.4. The second-order valence-corrected chi connectivity index (χ2v) is 9.21. The van der Waals surface area contributed by atoms with Crippen molar-refractivity contribution in [2.24, 2.45) is 0 Å². The molecule has 5 nitrogen and oxygen atoms in total. The van der Waals surface area contributed by atoms with E-state index in [0.29, 0.717) is 24.6 Å². The molecule has 0 aromatic heterocycles. The van der Waals surface area contributed by atoms with E-state index in [2.05, 4.69) is 13.8 Å². The molecule has 2 fully saturated rings. The zero-order valence-corrected chi connectivity index (χ0v) is 19.2. The Balaban J connectivity index is 1.82. The molecule has 0 radical (unpaired) electrons. The first kappa shape index (κ1) is 22.3. The van der Waals surface area contributed by atoms with Crippen LogP contribution in [0.15, 0.2) is 48.0 Å². The Morgan fingerprint density at radius 3 is 2.41 bits per heavy atom. The smallest absolute Gasteiger partial charge is 0.295 e. The summed E-state index contributed by atoms with van der Waals surface area (Å²) in [5, 5.41) is 11.2. The van der Waals surface area contributed by atoms with Gasteiger partial charge in [-0.05, 0) is 60.9 Å². The van der Waals surface area contributed by atoms with Crippen LogP contribution in [0.2, 0.25) is 0 Å². The Bertz CT molecular complexity index is 1060. The number of amides is 1. The van der Waals surface area contributed by atoms with Gasteiger partial charge in [0.1, 0.15) is 5.76 Å². The molecule has 168 valence electrons. The van der Waals surface area contributed by atoms with E-state index in [1.165, 1.54) is 5.56 Å². The Morgan fingerprint density at radius 1 is 1.09 bits per heavy atom. The molecule has 1 amide bonds. The number of carbonyl (C=O) groups is 2. The first-order valence-electron chi connectivity index (χ1n) is 11.4. The number of likely N-dealkylation sites (tertiary alicyclic amines) is 1. The summed E-state index contributed by atoms with van der Waals surface area (Å²) in [5.74, 6) is -0.975. The second kappa shape index (κ2) is 8.91. The van der Waals surface area contributed by atoms with Crippen molar-refractivity contribution in [2.75, 3.05) is 13.2 Å². The topological polar surface area (TPSA) is 66.8 Å². The number of aliphatic hydroxyl groups is 1. The number of carbonyl (C=O) groups excluding carboxylic acids is 2. The molecule has 2 atom stereocenters. The summed E-state index contributed by atoms with van der Waals surface area (Å²) in [4.78, 5) is 27.8. The number of rotatable bonds is 5. The van der Waals surface area contributed by atoms with E-state index < -0.39 is 17.7 Å². The molecule has 4 rings (SSSR count). The maximum atomic E-state index is 13.2. The molecule has 2 aromatic rings. The Labute approximate surface area is 189 Å². The van der Waals surface area contributed by atoms with Crippen molar-refractivity contribution in [1.82, 2.24) is 4.90 Å². The van der Waals surface area contributed by atoms with E-state index in [1.807, 2.05) is 50.2 Å². The van der Waals surface area contributed by atoms with Crippen molar-refractivity contribution in [2.45, 2.75) is 58.6 Å². The van der Waals surface area contributed by atoms with Crippen molar-refractivity contribution in [3.05, 3.63) is 75.9 Å². The summed E-state index contributed by atoms with van der Waals surface area (Å²) >= 11 is 0. The highest BCUT2D eigenvalue weighted by atomic mass is 16.5. The van der Waals surface area contributed by atoms with Gasteiger partial charge in [-0.3, -0.25) is 9.59 Å². The molecule has 2 unspecified atom stereocenters. The molecule has 5 heteroatoms. The fraction of sp³-hybridized carbons (Fsp3) is 0.407. The molecule has 2 aliphatic heterocycles. The monoisotopic (exact) mass is 433 g/mol. The first-order chi connectivity index (χ1) is 15.3. The summed E-state index contributed by atoms with van der Waals surface area (Å²) < 4.78 is 5.76. The predicted molar refractivity (Wildman–Crippen MR) is 124 cm³/mol. The fourth-order valence-corrected chi connectivity index (χ4v) is 4.53. The van der Waals surface area contributed by atoms with Gasteiger partial charge in [0.05, 0.1) is 17.7 Å². The molecule has 0 bridgehead atoms. The summed E-state index contributed by atoms with van der Waals surface area (Å²) in [6.45, 7) is 9.21.